The first-order valence-corrected chi connectivity index (χ1v) is 7.39. The number of aromatic nitrogens is 2. The minimum Gasteiger partial charge on any atom is -0.310 e. The first kappa shape index (κ1) is 14.8. The molecule has 0 bridgehead atoms. The molecule has 0 saturated carbocycles. The molecule has 1 unspecified atom stereocenters. The van der Waals surface area contributed by atoms with Gasteiger partial charge in [0.2, 0.25) is 0 Å². The lowest BCUT2D eigenvalue weighted by atomic mass is 9.96. The van der Waals surface area contributed by atoms with E-state index in [-0.39, 0.29) is 0 Å². The predicted molar refractivity (Wildman–Crippen MR) is 83.9 cm³/mol. The molecule has 1 heterocycles. The van der Waals surface area contributed by atoms with Gasteiger partial charge in [-0.15, -0.1) is 0 Å². The maximum absolute atomic E-state index is 4.51. The zero-order valence-electron chi connectivity index (χ0n) is 13.0. The molecule has 1 atom stereocenters. The molecule has 0 aliphatic rings. The molecule has 0 aliphatic carbocycles. The van der Waals surface area contributed by atoms with E-state index in [9.17, 15) is 0 Å². The molecule has 1 aromatic carbocycles. The van der Waals surface area contributed by atoms with Crippen LogP contribution < -0.4 is 5.32 Å². The highest BCUT2D eigenvalue weighted by Crippen LogP contribution is 2.22. The Kier molecular flexibility index (Phi) is 4.96. The van der Waals surface area contributed by atoms with E-state index in [2.05, 4.69) is 55.5 Å². The third kappa shape index (κ3) is 3.70. The van der Waals surface area contributed by atoms with Crippen LogP contribution in [-0.4, -0.2) is 16.3 Å². The van der Waals surface area contributed by atoms with Crippen molar-refractivity contribution >= 4 is 0 Å². The number of benzene rings is 1. The number of hydrogen-bond acceptors (Lipinski definition) is 2. The van der Waals surface area contributed by atoms with E-state index in [0.29, 0.717) is 6.04 Å². The van der Waals surface area contributed by atoms with E-state index in [1.165, 1.54) is 16.7 Å². The van der Waals surface area contributed by atoms with Crippen molar-refractivity contribution in [1.82, 2.24) is 15.1 Å². The normalized spacial score (nSPS) is 12.6. The van der Waals surface area contributed by atoms with Crippen molar-refractivity contribution in [3.05, 3.63) is 52.8 Å². The second-order valence-electron chi connectivity index (χ2n) is 5.55. The lowest BCUT2D eigenvalue weighted by molar-refractivity contribution is 0.519. The van der Waals surface area contributed by atoms with Gasteiger partial charge in [-0.05, 0) is 44.0 Å². The topological polar surface area (TPSA) is 29.9 Å². The fraction of sp³-hybridized carbons (Fsp3) is 0.471. The van der Waals surface area contributed by atoms with Gasteiger partial charge in [0.05, 0.1) is 5.69 Å². The third-order valence-corrected chi connectivity index (χ3v) is 3.62. The highest BCUT2D eigenvalue weighted by Gasteiger charge is 2.15. The number of hydrogen-bond donors (Lipinski definition) is 1. The molecule has 2 aromatic rings. The second kappa shape index (κ2) is 6.71. The molecule has 0 saturated heterocycles. The molecule has 3 nitrogen and oxygen atoms in total. The largest absolute Gasteiger partial charge is 0.310 e. The lowest BCUT2D eigenvalue weighted by Crippen LogP contribution is -2.25. The molecular formula is C17H25N3. The minimum absolute atomic E-state index is 0.338. The SMILES string of the molecule is CCCNC(Cc1ccn(C)n1)c1ccc(C)cc1C. The maximum Gasteiger partial charge on any atom is 0.0643 e. The Morgan fingerprint density at radius 2 is 2.05 bits per heavy atom. The Balaban J connectivity index is 2.22. The summed E-state index contributed by atoms with van der Waals surface area (Å²) in [6.45, 7) is 7.57. The summed E-state index contributed by atoms with van der Waals surface area (Å²) >= 11 is 0. The number of rotatable bonds is 6. The average Bonchev–Trinajstić information content (AvgIpc) is 2.80. The van der Waals surface area contributed by atoms with Crippen LogP contribution >= 0.6 is 0 Å². The fourth-order valence-corrected chi connectivity index (χ4v) is 2.61. The Labute approximate surface area is 122 Å². The van der Waals surface area contributed by atoms with E-state index in [1.54, 1.807) is 0 Å². The van der Waals surface area contributed by atoms with Crippen LogP contribution in [0.25, 0.3) is 0 Å². The van der Waals surface area contributed by atoms with Gasteiger partial charge < -0.3 is 5.32 Å². The van der Waals surface area contributed by atoms with E-state index >= 15 is 0 Å². The first-order valence-electron chi connectivity index (χ1n) is 7.39. The van der Waals surface area contributed by atoms with Crippen molar-refractivity contribution in [2.75, 3.05) is 6.54 Å². The van der Waals surface area contributed by atoms with Gasteiger partial charge in [-0.2, -0.15) is 5.10 Å². The fourth-order valence-electron chi connectivity index (χ4n) is 2.61. The average molecular weight is 271 g/mol. The second-order valence-corrected chi connectivity index (χ2v) is 5.55. The zero-order chi connectivity index (χ0) is 14.5. The maximum atomic E-state index is 4.51. The summed E-state index contributed by atoms with van der Waals surface area (Å²) in [6.07, 6.45) is 4.09. The van der Waals surface area contributed by atoms with E-state index in [1.807, 2.05) is 17.9 Å². The molecule has 20 heavy (non-hydrogen) atoms. The van der Waals surface area contributed by atoms with E-state index in [4.69, 9.17) is 0 Å². The van der Waals surface area contributed by atoms with Crippen molar-refractivity contribution in [2.45, 2.75) is 39.7 Å². The van der Waals surface area contributed by atoms with Gasteiger partial charge in [0, 0.05) is 25.7 Å². The summed E-state index contributed by atoms with van der Waals surface area (Å²) < 4.78 is 1.87. The van der Waals surface area contributed by atoms with Crippen molar-refractivity contribution < 1.29 is 0 Å². The molecule has 2 rings (SSSR count). The van der Waals surface area contributed by atoms with Gasteiger partial charge in [0.15, 0.2) is 0 Å². The molecule has 0 spiro atoms. The summed E-state index contributed by atoms with van der Waals surface area (Å²) in [4.78, 5) is 0. The number of nitrogens with zero attached hydrogens (tertiary/aromatic N) is 2. The highest BCUT2D eigenvalue weighted by molar-refractivity contribution is 5.33. The Bertz CT molecular complexity index is 557. The number of nitrogens with one attached hydrogen (secondary N) is 1. The zero-order valence-corrected chi connectivity index (χ0v) is 13.0. The summed E-state index contributed by atoms with van der Waals surface area (Å²) in [6, 6.07) is 9.14. The van der Waals surface area contributed by atoms with Crippen LogP contribution in [0.2, 0.25) is 0 Å². The molecule has 0 aliphatic heterocycles. The van der Waals surface area contributed by atoms with Crippen LogP contribution in [0.3, 0.4) is 0 Å². The van der Waals surface area contributed by atoms with Crippen LogP contribution in [0, 0.1) is 13.8 Å². The van der Waals surface area contributed by atoms with Crippen LogP contribution in [0.5, 0.6) is 0 Å². The van der Waals surface area contributed by atoms with Gasteiger partial charge in [-0.3, -0.25) is 4.68 Å². The van der Waals surface area contributed by atoms with Gasteiger partial charge in [-0.25, -0.2) is 0 Å². The Hall–Kier alpha value is -1.61. The first-order chi connectivity index (χ1) is 9.60. The predicted octanol–water partition coefficient (Wildman–Crippen LogP) is 3.32. The molecule has 3 heteroatoms. The van der Waals surface area contributed by atoms with E-state index in [0.717, 1.165) is 25.1 Å². The van der Waals surface area contributed by atoms with Crippen LogP contribution in [0.4, 0.5) is 0 Å². The van der Waals surface area contributed by atoms with Gasteiger partial charge in [0.1, 0.15) is 0 Å². The van der Waals surface area contributed by atoms with Crippen molar-refractivity contribution in [2.24, 2.45) is 7.05 Å². The number of aryl methyl sites for hydroxylation is 3. The van der Waals surface area contributed by atoms with Crippen molar-refractivity contribution in [1.29, 1.82) is 0 Å². The van der Waals surface area contributed by atoms with Gasteiger partial charge in [0.25, 0.3) is 0 Å². The lowest BCUT2D eigenvalue weighted by Gasteiger charge is -2.20. The molecule has 108 valence electrons. The van der Waals surface area contributed by atoms with Crippen LogP contribution in [-0.2, 0) is 13.5 Å². The standard InChI is InChI=1S/C17H25N3/c1-5-9-18-17(12-15-8-10-20(4)19-15)16-7-6-13(2)11-14(16)3/h6-8,10-11,17-18H,5,9,12H2,1-4H3. The highest BCUT2D eigenvalue weighted by atomic mass is 15.2. The molecule has 0 fully saturated rings. The summed E-state index contributed by atoms with van der Waals surface area (Å²) in [5.41, 5.74) is 5.20. The molecule has 0 radical (unpaired) electrons. The molecule has 1 N–H and O–H groups in total. The van der Waals surface area contributed by atoms with E-state index < -0.39 is 0 Å². The van der Waals surface area contributed by atoms with Crippen molar-refractivity contribution in [3.63, 3.8) is 0 Å². The molecular weight excluding hydrogens is 246 g/mol. The monoisotopic (exact) mass is 271 g/mol. The molecule has 1 aromatic heterocycles. The Morgan fingerprint density at radius 3 is 2.65 bits per heavy atom. The third-order valence-electron chi connectivity index (χ3n) is 3.62. The van der Waals surface area contributed by atoms with Gasteiger partial charge in [-0.1, -0.05) is 30.7 Å². The minimum atomic E-state index is 0.338. The van der Waals surface area contributed by atoms with Crippen LogP contribution in [0.15, 0.2) is 30.5 Å². The van der Waals surface area contributed by atoms with Crippen LogP contribution in [0.1, 0.15) is 41.8 Å². The van der Waals surface area contributed by atoms with Crippen molar-refractivity contribution in [3.8, 4) is 0 Å². The Morgan fingerprint density at radius 1 is 1.25 bits per heavy atom. The quantitative estimate of drug-likeness (QED) is 0.873. The van der Waals surface area contributed by atoms with Gasteiger partial charge >= 0.3 is 0 Å². The molecule has 0 amide bonds. The summed E-state index contributed by atoms with van der Waals surface area (Å²) in [7, 11) is 1.97. The summed E-state index contributed by atoms with van der Waals surface area (Å²) in [5.74, 6) is 0. The summed E-state index contributed by atoms with van der Waals surface area (Å²) in [5, 5.41) is 8.16. The smallest absolute Gasteiger partial charge is 0.0643 e.